The van der Waals surface area contributed by atoms with Crippen molar-refractivity contribution < 1.29 is 24.2 Å². The van der Waals surface area contributed by atoms with Crippen LogP contribution >= 0.6 is 15.9 Å². The van der Waals surface area contributed by atoms with Crippen molar-refractivity contribution >= 4 is 27.8 Å². The Bertz CT molecular complexity index is 507. The average Bonchev–Trinajstić information content (AvgIpc) is 2.46. The first-order valence-corrected chi connectivity index (χ1v) is 7.12. The number of nitrogens with one attached hydrogen (secondary N) is 1. The van der Waals surface area contributed by atoms with Gasteiger partial charge in [-0.25, -0.2) is 0 Å². The Hall–Kier alpha value is -1.76. The molecule has 6 nitrogen and oxygen atoms in total. The van der Waals surface area contributed by atoms with Gasteiger partial charge in [-0.15, -0.1) is 0 Å². The average molecular weight is 360 g/mol. The monoisotopic (exact) mass is 359 g/mol. The van der Waals surface area contributed by atoms with Crippen molar-refractivity contribution in [3.8, 4) is 11.5 Å². The molecule has 0 aliphatic heterocycles. The molecule has 0 aliphatic rings. The van der Waals surface area contributed by atoms with E-state index in [-0.39, 0.29) is 12.5 Å². The van der Waals surface area contributed by atoms with Crippen LogP contribution in [0.2, 0.25) is 0 Å². The summed E-state index contributed by atoms with van der Waals surface area (Å²) in [5, 5.41) is 11.5. The molecule has 0 bridgehead atoms. The summed E-state index contributed by atoms with van der Waals surface area (Å²) in [6, 6.07) is 3.17. The fourth-order valence-corrected chi connectivity index (χ4v) is 2.18. The van der Waals surface area contributed by atoms with Crippen molar-refractivity contribution in [2.75, 3.05) is 20.8 Å². The first kappa shape index (κ1) is 17.3. The van der Waals surface area contributed by atoms with E-state index in [9.17, 15) is 9.59 Å². The first-order chi connectivity index (χ1) is 9.90. The number of aliphatic carboxylic acids is 1. The number of hydrogen-bond donors (Lipinski definition) is 2. The molecule has 0 aliphatic carbocycles. The molecule has 21 heavy (non-hydrogen) atoms. The highest BCUT2D eigenvalue weighted by atomic mass is 79.9. The summed E-state index contributed by atoms with van der Waals surface area (Å²) in [7, 11) is 2.99. The summed E-state index contributed by atoms with van der Waals surface area (Å²) in [6.45, 7) is 1.88. The zero-order valence-electron chi connectivity index (χ0n) is 12.1. The number of carbonyl (C=O) groups is 2. The Morgan fingerprint density at radius 1 is 1.29 bits per heavy atom. The SMILES string of the molecule is COc1cc(C(=O)NCCC(C)C(=O)O)cc(OC)c1Br. The van der Waals surface area contributed by atoms with Crippen molar-refractivity contribution in [2.24, 2.45) is 5.92 Å². The maximum absolute atomic E-state index is 12.1. The maximum atomic E-state index is 12.1. The standard InChI is InChI=1S/C14H18BrNO5/c1-8(14(18)19)4-5-16-13(17)9-6-10(20-2)12(15)11(7-9)21-3/h6-8H,4-5H2,1-3H3,(H,16,17)(H,18,19). The smallest absolute Gasteiger partial charge is 0.306 e. The van der Waals surface area contributed by atoms with E-state index in [4.69, 9.17) is 14.6 Å². The number of benzene rings is 1. The van der Waals surface area contributed by atoms with Gasteiger partial charge in [-0.2, -0.15) is 0 Å². The van der Waals surface area contributed by atoms with Crippen LogP contribution in [-0.4, -0.2) is 37.7 Å². The summed E-state index contributed by atoms with van der Waals surface area (Å²) in [5.74, 6) is -0.719. The van der Waals surface area contributed by atoms with Gasteiger partial charge in [0.25, 0.3) is 5.91 Å². The minimum atomic E-state index is -0.878. The fraction of sp³-hybridized carbons (Fsp3) is 0.429. The summed E-state index contributed by atoms with van der Waals surface area (Å²) in [4.78, 5) is 22.8. The third-order valence-corrected chi connectivity index (χ3v) is 3.77. The molecular weight excluding hydrogens is 342 g/mol. The van der Waals surface area contributed by atoms with Gasteiger partial charge >= 0.3 is 5.97 Å². The van der Waals surface area contributed by atoms with Gasteiger partial charge in [0.05, 0.1) is 20.1 Å². The van der Waals surface area contributed by atoms with Crippen molar-refractivity contribution in [1.29, 1.82) is 0 Å². The molecule has 0 fully saturated rings. The number of amides is 1. The van der Waals surface area contributed by atoms with E-state index in [0.29, 0.717) is 28.0 Å². The minimum absolute atomic E-state index is 0.285. The number of carboxylic acids is 1. The van der Waals surface area contributed by atoms with E-state index >= 15 is 0 Å². The molecular formula is C14H18BrNO5. The van der Waals surface area contributed by atoms with Gasteiger partial charge in [0.1, 0.15) is 16.0 Å². The van der Waals surface area contributed by atoms with Crippen LogP contribution in [0.5, 0.6) is 11.5 Å². The van der Waals surface area contributed by atoms with Gasteiger partial charge in [-0.3, -0.25) is 9.59 Å². The lowest BCUT2D eigenvalue weighted by Crippen LogP contribution is -2.27. The third-order valence-electron chi connectivity index (χ3n) is 2.99. The highest BCUT2D eigenvalue weighted by Crippen LogP contribution is 2.35. The normalized spacial score (nSPS) is 11.6. The van der Waals surface area contributed by atoms with Gasteiger partial charge in [-0.05, 0) is 34.5 Å². The van der Waals surface area contributed by atoms with E-state index < -0.39 is 11.9 Å². The van der Waals surface area contributed by atoms with E-state index in [0.717, 1.165) is 0 Å². The predicted molar refractivity (Wildman–Crippen MR) is 81.0 cm³/mol. The second-order valence-corrected chi connectivity index (χ2v) is 5.27. The van der Waals surface area contributed by atoms with Crippen molar-refractivity contribution in [2.45, 2.75) is 13.3 Å². The quantitative estimate of drug-likeness (QED) is 0.780. The van der Waals surface area contributed by atoms with Gasteiger partial charge in [0.15, 0.2) is 0 Å². The predicted octanol–water partition coefficient (Wildman–Crippen LogP) is 2.31. The van der Waals surface area contributed by atoms with Crippen molar-refractivity contribution in [3.63, 3.8) is 0 Å². The second-order valence-electron chi connectivity index (χ2n) is 4.48. The number of rotatable bonds is 7. The van der Waals surface area contributed by atoms with Crippen LogP contribution in [0.4, 0.5) is 0 Å². The Morgan fingerprint density at radius 3 is 2.24 bits per heavy atom. The molecule has 0 radical (unpaired) electrons. The zero-order valence-corrected chi connectivity index (χ0v) is 13.7. The van der Waals surface area contributed by atoms with Gasteiger partial charge in [0.2, 0.25) is 0 Å². The number of hydrogen-bond acceptors (Lipinski definition) is 4. The molecule has 1 rings (SSSR count). The van der Waals surface area contributed by atoms with Crippen LogP contribution < -0.4 is 14.8 Å². The zero-order chi connectivity index (χ0) is 16.0. The number of carbonyl (C=O) groups excluding carboxylic acids is 1. The lowest BCUT2D eigenvalue weighted by atomic mass is 10.1. The van der Waals surface area contributed by atoms with E-state index in [1.54, 1.807) is 19.1 Å². The van der Waals surface area contributed by atoms with Crippen LogP contribution in [0, 0.1) is 5.92 Å². The number of methoxy groups -OCH3 is 2. The number of halogens is 1. The number of carboxylic acid groups (broad SMARTS) is 1. The largest absolute Gasteiger partial charge is 0.495 e. The second kappa shape index (κ2) is 7.87. The number of ether oxygens (including phenoxy) is 2. The fourth-order valence-electron chi connectivity index (χ4n) is 1.63. The lowest BCUT2D eigenvalue weighted by molar-refractivity contribution is -0.141. The molecule has 0 heterocycles. The summed E-state index contributed by atoms with van der Waals surface area (Å²) >= 11 is 3.33. The van der Waals surface area contributed by atoms with Crippen LogP contribution in [0.1, 0.15) is 23.7 Å². The molecule has 1 amide bonds. The molecule has 0 spiro atoms. The van der Waals surface area contributed by atoms with Crippen molar-refractivity contribution in [1.82, 2.24) is 5.32 Å². The van der Waals surface area contributed by atoms with Crippen LogP contribution in [-0.2, 0) is 4.79 Å². The molecule has 1 unspecified atom stereocenters. The molecule has 1 aromatic rings. The molecule has 2 N–H and O–H groups in total. The highest BCUT2D eigenvalue weighted by molar-refractivity contribution is 9.10. The Morgan fingerprint density at radius 2 is 1.81 bits per heavy atom. The van der Waals surface area contributed by atoms with Gasteiger partial charge < -0.3 is 19.9 Å². The molecule has 0 saturated heterocycles. The molecule has 0 saturated carbocycles. The van der Waals surface area contributed by atoms with Gasteiger partial charge in [0, 0.05) is 12.1 Å². The minimum Gasteiger partial charge on any atom is -0.495 e. The lowest BCUT2D eigenvalue weighted by Gasteiger charge is -2.12. The maximum Gasteiger partial charge on any atom is 0.306 e. The Balaban J connectivity index is 2.76. The molecule has 1 atom stereocenters. The van der Waals surface area contributed by atoms with Crippen LogP contribution in [0.3, 0.4) is 0 Å². The third kappa shape index (κ3) is 4.63. The summed E-state index contributed by atoms with van der Waals surface area (Å²) < 4.78 is 11.0. The van der Waals surface area contributed by atoms with E-state index in [2.05, 4.69) is 21.2 Å². The Kier molecular flexibility index (Phi) is 6.48. The molecule has 7 heteroatoms. The summed E-state index contributed by atoms with van der Waals surface area (Å²) in [5.41, 5.74) is 0.384. The van der Waals surface area contributed by atoms with Crippen molar-refractivity contribution in [3.05, 3.63) is 22.2 Å². The van der Waals surface area contributed by atoms with E-state index in [1.807, 2.05) is 0 Å². The topological polar surface area (TPSA) is 84.9 Å². The highest BCUT2D eigenvalue weighted by Gasteiger charge is 2.15. The molecule has 1 aromatic carbocycles. The molecule has 116 valence electrons. The van der Waals surface area contributed by atoms with E-state index in [1.165, 1.54) is 14.2 Å². The van der Waals surface area contributed by atoms with Crippen LogP contribution in [0.15, 0.2) is 16.6 Å². The van der Waals surface area contributed by atoms with Gasteiger partial charge in [-0.1, -0.05) is 6.92 Å². The van der Waals surface area contributed by atoms with Crippen LogP contribution in [0.25, 0.3) is 0 Å². The Labute approximate surface area is 131 Å². The first-order valence-electron chi connectivity index (χ1n) is 6.33. The molecule has 0 aromatic heterocycles. The summed E-state index contributed by atoms with van der Waals surface area (Å²) in [6.07, 6.45) is 0.367.